The van der Waals surface area contributed by atoms with E-state index < -0.39 is 0 Å². The van der Waals surface area contributed by atoms with Crippen LogP contribution in [0.5, 0.6) is 0 Å². The summed E-state index contributed by atoms with van der Waals surface area (Å²) in [6.07, 6.45) is 1.19. The van der Waals surface area contributed by atoms with Crippen molar-refractivity contribution in [1.82, 2.24) is 9.88 Å². The Morgan fingerprint density at radius 2 is 2.12 bits per heavy atom. The van der Waals surface area contributed by atoms with Crippen LogP contribution in [0, 0.1) is 12.8 Å². The molecule has 0 spiro atoms. The normalized spacial score (nSPS) is 19.2. The van der Waals surface area contributed by atoms with Gasteiger partial charge in [-0.2, -0.15) is 0 Å². The van der Waals surface area contributed by atoms with Crippen molar-refractivity contribution < 1.29 is 13.6 Å². The molecule has 130 valence electrons. The van der Waals surface area contributed by atoms with Crippen molar-refractivity contribution in [2.24, 2.45) is 5.92 Å². The number of aromatic nitrogens is 1. The minimum absolute atomic E-state index is 0.122. The fourth-order valence-electron chi connectivity index (χ4n) is 2.93. The van der Waals surface area contributed by atoms with Gasteiger partial charge in [0, 0.05) is 18.3 Å². The lowest BCUT2D eigenvalue weighted by atomic mass is 10.3. The molecular weight excluding hydrogens is 336 g/mol. The van der Waals surface area contributed by atoms with E-state index in [1.54, 1.807) is 17.3 Å². The maximum Gasteiger partial charge on any atom is 0.273 e. The minimum Gasteiger partial charge on any atom is -0.464 e. The van der Waals surface area contributed by atoms with E-state index in [1.807, 2.05) is 31.2 Å². The van der Waals surface area contributed by atoms with Crippen LogP contribution in [0.2, 0.25) is 0 Å². The maximum absolute atomic E-state index is 12.6. The Morgan fingerprint density at radius 1 is 1.32 bits per heavy atom. The number of nitrogens with zero attached hydrogens (tertiary/aromatic N) is 2. The molecule has 5 nitrogen and oxygen atoms in total. The average molecular weight is 356 g/mol. The van der Waals surface area contributed by atoms with Crippen molar-refractivity contribution in [3.8, 4) is 10.8 Å². The summed E-state index contributed by atoms with van der Waals surface area (Å²) in [7, 11) is 1.76. The van der Waals surface area contributed by atoms with E-state index in [4.69, 9.17) is 8.83 Å². The summed E-state index contributed by atoms with van der Waals surface area (Å²) in [4.78, 5) is 18.6. The SMILES string of the molecule is Cc1ccc(-c2nc(C(=O)N(C)Cc3ccc([C@@H]4C[C@H]4C)o3)cs2)o1. The van der Waals surface area contributed by atoms with Gasteiger partial charge in [-0.3, -0.25) is 4.79 Å². The third-order valence-corrected chi connectivity index (χ3v) is 5.43. The molecule has 6 heteroatoms. The Balaban J connectivity index is 1.43. The number of amides is 1. The van der Waals surface area contributed by atoms with Gasteiger partial charge in [0.1, 0.15) is 23.0 Å². The number of rotatable bonds is 5. The Labute approximate surface area is 150 Å². The number of thiazole rings is 1. The maximum atomic E-state index is 12.6. The van der Waals surface area contributed by atoms with Gasteiger partial charge in [-0.15, -0.1) is 11.3 Å². The van der Waals surface area contributed by atoms with E-state index in [0.717, 1.165) is 17.3 Å². The summed E-state index contributed by atoms with van der Waals surface area (Å²) in [6.45, 7) is 4.55. The zero-order chi connectivity index (χ0) is 17.6. The van der Waals surface area contributed by atoms with Crippen LogP contribution in [0.4, 0.5) is 0 Å². The van der Waals surface area contributed by atoms with E-state index in [1.165, 1.54) is 17.8 Å². The van der Waals surface area contributed by atoms with Gasteiger partial charge < -0.3 is 13.7 Å². The third kappa shape index (κ3) is 3.26. The molecule has 3 heterocycles. The smallest absolute Gasteiger partial charge is 0.273 e. The van der Waals surface area contributed by atoms with Gasteiger partial charge >= 0.3 is 0 Å². The molecule has 1 amide bonds. The molecule has 1 aliphatic carbocycles. The van der Waals surface area contributed by atoms with Crippen molar-refractivity contribution >= 4 is 17.2 Å². The molecular formula is C19H20N2O3S. The lowest BCUT2D eigenvalue weighted by Crippen LogP contribution is -2.26. The van der Waals surface area contributed by atoms with Crippen LogP contribution in [-0.2, 0) is 6.54 Å². The zero-order valence-corrected chi connectivity index (χ0v) is 15.3. The molecule has 3 aromatic rings. The van der Waals surface area contributed by atoms with Crippen LogP contribution in [0.3, 0.4) is 0 Å². The number of hydrogen-bond acceptors (Lipinski definition) is 5. The first-order chi connectivity index (χ1) is 12.0. The number of carbonyl (C=O) groups is 1. The summed E-state index contributed by atoms with van der Waals surface area (Å²) >= 11 is 1.41. The summed E-state index contributed by atoms with van der Waals surface area (Å²) in [6, 6.07) is 7.75. The van der Waals surface area contributed by atoms with Crippen molar-refractivity contribution in [1.29, 1.82) is 0 Å². The van der Waals surface area contributed by atoms with Crippen LogP contribution >= 0.6 is 11.3 Å². The van der Waals surface area contributed by atoms with Gasteiger partial charge in [-0.05, 0) is 43.5 Å². The van der Waals surface area contributed by atoms with E-state index in [9.17, 15) is 4.79 Å². The molecule has 0 bridgehead atoms. The highest BCUT2D eigenvalue weighted by molar-refractivity contribution is 7.13. The second-order valence-electron chi connectivity index (χ2n) is 6.73. The standard InChI is InChI=1S/C19H20N2O3S/c1-11-8-14(11)16-7-5-13(24-16)9-21(3)19(22)15-10-25-18(20-15)17-6-4-12(2)23-17/h4-7,10-11,14H,8-9H2,1-3H3/t11-,14-/m1/s1. The van der Waals surface area contributed by atoms with Gasteiger partial charge in [-0.1, -0.05) is 6.92 Å². The third-order valence-electron chi connectivity index (χ3n) is 4.57. The van der Waals surface area contributed by atoms with E-state index in [0.29, 0.717) is 34.8 Å². The highest BCUT2D eigenvalue weighted by Gasteiger charge is 2.36. The second kappa shape index (κ2) is 6.19. The van der Waals surface area contributed by atoms with Gasteiger partial charge in [0.05, 0.1) is 6.54 Å². The average Bonchev–Trinajstić information content (AvgIpc) is 3.04. The summed E-state index contributed by atoms with van der Waals surface area (Å²) in [5, 5.41) is 2.48. The monoisotopic (exact) mass is 356 g/mol. The number of hydrogen-bond donors (Lipinski definition) is 0. The molecule has 1 saturated carbocycles. The molecule has 0 saturated heterocycles. The molecule has 2 atom stereocenters. The van der Waals surface area contributed by atoms with Crippen LogP contribution in [0.25, 0.3) is 10.8 Å². The van der Waals surface area contributed by atoms with Gasteiger partial charge in [0.25, 0.3) is 5.91 Å². The van der Waals surface area contributed by atoms with Crippen molar-refractivity contribution in [3.05, 3.63) is 52.6 Å². The zero-order valence-electron chi connectivity index (χ0n) is 14.5. The molecule has 0 aromatic carbocycles. The lowest BCUT2D eigenvalue weighted by Gasteiger charge is -2.14. The van der Waals surface area contributed by atoms with Gasteiger partial charge in [0.2, 0.25) is 0 Å². The van der Waals surface area contributed by atoms with Crippen LogP contribution in [-0.4, -0.2) is 22.8 Å². The molecule has 3 aromatic heterocycles. The number of aryl methyl sites for hydroxylation is 1. The molecule has 4 rings (SSSR count). The first-order valence-electron chi connectivity index (χ1n) is 8.37. The second-order valence-corrected chi connectivity index (χ2v) is 7.59. The van der Waals surface area contributed by atoms with Gasteiger partial charge in [0.15, 0.2) is 10.8 Å². The van der Waals surface area contributed by atoms with Gasteiger partial charge in [-0.25, -0.2) is 4.98 Å². The highest BCUT2D eigenvalue weighted by Crippen LogP contribution is 2.47. The van der Waals surface area contributed by atoms with E-state index in [-0.39, 0.29) is 5.91 Å². The summed E-state index contributed by atoms with van der Waals surface area (Å²) in [5.41, 5.74) is 0.430. The predicted octanol–water partition coefficient (Wildman–Crippen LogP) is 4.70. The largest absolute Gasteiger partial charge is 0.464 e. The van der Waals surface area contributed by atoms with E-state index >= 15 is 0 Å². The molecule has 1 fully saturated rings. The fourth-order valence-corrected chi connectivity index (χ4v) is 3.69. The van der Waals surface area contributed by atoms with Crippen LogP contribution in [0.15, 0.2) is 38.5 Å². The quantitative estimate of drug-likeness (QED) is 0.665. The van der Waals surface area contributed by atoms with E-state index in [2.05, 4.69) is 11.9 Å². The van der Waals surface area contributed by atoms with Crippen molar-refractivity contribution in [2.45, 2.75) is 32.7 Å². The molecule has 1 aliphatic rings. The minimum atomic E-state index is -0.122. The Kier molecular flexibility index (Phi) is 4.00. The summed E-state index contributed by atoms with van der Waals surface area (Å²) < 4.78 is 11.5. The molecule has 0 aliphatic heterocycles. The lowest BCUT2D eigenvalue weighted by molar-refractivity contribution is 0.0770. The highest BCUT2D eigenvalue weighted by atomic mass is 32.1. The number of furan rings is 2. The van der Waals surface area contributed by atoms with Crippen molar-refractivity contribution in [2.75, 3.05) is 7.05 Å². The topological polar surface area (TPSA) is 59.5 Å². The first kappa shape index (κ1) is 16.1. The Morgan fingerprint density at radius 3 is 2.80 bits per heavy atom. The van der Waals surface area contributed by atoms with Crippen LogP contribution in [0.1, 0.15) is 47.0 Å². The summed E-state index contributed by atoms with van der Waals surface area (Å²) in [5.74, 6) is 4.50. The molecule has 0 unspecified atom stereocenters. The Bertz CT molecular complexity index is 907. The van der Waals surface area contributed by atoms with Crippen molar-refractivity contribution in [3.63, 3.8) is 0 Å². The predicted molar refractivity (Wildman–Crippen MR) is 95.6 cm³/mol. The Hall–Kier alpha value is -2.34. The molecule has 0 N–H and O–H groups in total. The molecule has 0 radical (unpaired) electrons. The first-order valence-corrected chi connectivity index (χ1v) is 9.25. The molecule has 25 heavy (non-hydrogen) atoms. The number of carbonyl (C=O) groups excluding carboxylic acids is 1. The van der Waals surface area contributed by atoms with Crippen LogP contribution < -0.4 is 0 Å². The fraction of sp³-hybridized carbons (Fsp3) is 0.368.